The first-order valence-electron chi connectivity index (χ1n) is 10.6. The van der Waals surface area contributed by atoms with Crippen LogP contribution in [0.4, 0.5) is 0 Å². The molecule has 4 aromatic rings. The van der Waals surface area contributed by atoms with Crippen molar-refractivity contribution in [2.24, 2.45) is 0 Å². The maximum absolute atomic E-state index is 13.2. The van der Waals surface area contributed by atoms with Crippen molar-refractivity contribution < 1.29 is 13.2 Å². The number of piperidine rings is 1. The van der Waals surface area contributed by atoms with E-state index in [1.54, 1.807) is 24.7 Å². The molecule has 10 heteroatoms. The molecule has 3 aromatic heterocycles. The topological polar surface area (TPSA) is 90.2 Å². The summed E-state index contributed by atoms with van der Waals surface area (Å²) in [6.07, 6.45) is 6.51. The van der Waals surface area contributed by atoms with Gasteiger partial charge < -0.3 is 9.30 Å². The van der Waals surface area contributed by atoms with E-state index in [0.717, 1.165) is 22.6 Å². The predicted octanol–water partition coefficient (Wildman–Crippen LogP) is 4.18. The molecule has 0 amide bonds. The number of aromatic nitrogens is 4. The minimum Gasteiger partial charge on any atom is -0.495 e. The average molecular weight is 484 g/mol. The van der Waals surface area contributed by atoms with Gasteiger partial charge in [0, 0.05) is 43.3 Å². The van der Waals surface area contributed by atoms with E-state index in [4.69, 9.17) is 21.3 Å². The summed E-state index contributed by atoms with van der Waals surface area (Å²) in [6.45, 7) is 0.776. The molecule has 0 spiro atoms. The van der Waals surface area contributed by atoms with Gasteiger partial charge in [0.05, 0.1) is 17.0 Å². The van der Waals surface area contributed by atoms with Crippen molar-refractivity contribution in [3.8, 4) is 17.1 Å². The quantitative estimate of drug-likeness (QED) is 0.423. The third-order valence-electron chi connectivity index (χ3n) is 5.94. The fourth-order valence-corrected chi connectivity index (χ4v) is 6.10. The van der Waals surface area contributed by atoms with Gasteiger partial charge in [-0.3, -0.25) is 4.98 Å². The second-order valence-corrected chi connectivity index (χ2v) is 10.2. The second-order valence-electron chi connectivity index (χ2n) is 7.82. The molecule has 0 bridgehead atoms. The number of rotatable bonds is 5. The maximum atomic E-state index is 13.2. The molecule has 8 nitrogen and oxygen atoms in total. The van der Waals surface area contributed by atoms with E-state index in [0.29, 0.717) is 31.7 Å². The Morgan fingerprint density at radius 2 is 1.82 bits per heavy atom. The first kappa shape index (κ1) is 21.8. The van der Waals surface area contributed by atoms with Crippen LogP contribution in [0.2, 0.25) is 5.02 Å². The first-order valence-corrected chi connectivity index (χ1v) is 12.4. The van der Waals surface area contributed by atoms with Crippen LogP contribution < -0.4 is 4.74 Å². The largest absolute Gasteiger partial charge is 0.495 e. The van der Waals surface area contributed by atoms with Crippen molar-refractivity contribution in [2.45, 2.75) is 23.8 Å². The van der Waals surface area contributed by atoms with E-state index in [2.05, 4.69) is 14.5 Å². The number of nitrogens with zero attached hydrogens (tertiary/aromatic N) is 5. The van der Waals surface area contributed by atoms with Gasteiger partial charge in [0.15, 0.2) is 5.65 Å². The molecule has 1 saturated heterocycles. The summed E-state index contributed by atoms with van der Waals surface area (Å²) < 4.78 is 35.2. The van der Waals surface area contributed by atoms with E-state index in [9.17, 15) is 8.42 Å². The van der Waals surface area contributed by atoms with Crippen LogP contribution in [0.25, 0.3) is 22.6 Å². The smallest absolute Gasteiger partial charge is 0.243 e. The monoisotopic (exact) mass is 483 g/mol. The summed E-state index contributed by atoms with van der Waals surface area (Å²) in [5.74, 6) is 1.26. The van der Waals surface area contributed by atoms with Crippen LogP contribution in [0.1, 0.15) is 18.9 Å². The molecule has 4 heterocycles. The molecule has 1 aliphatic rings. The zero-order valence-corrected chi connectivity index (χ0v) is 19.5. The van der Waals surface area contributed by atoms with Crippen LogP contribution in [0.3, 0.4) is 0 Å². The molecule has 0 unspecified atom stereocenters. The Morgan fingerprint density at radius 3 is 2.52 bits per heavy atom. The Morgan fingerprint density at radius 1 is 1.06 bits per heavy atom. The van der Waals surface area contributed by atoms with Crippen molar-refractivity contribution in [1.82, 2.24) is 23.8 Å². The van der Waals surface area contributed by atoms with Crippen LogP contribution >= 0.6 is 11.6 Å². The Balaban J connectivity index is 1.43. The molecule has 0 saturated carbocycles. The fourth-order valence-electron chi connectivity index (χ4n) is 4.28. The highest BCUT2D eigenvalue weighted by atomic mass is 35.5. The molecule has 0 atom stereocenters. The molecule has 0 radical (unpaired) electrons. The lowest BCUT2D eigenvalue weighted by atomic mass is 10.1. The van der Waals surface area contributed by atoms with Crippen molar-refractivity contribution in [1.29, 1.82) is 0 Å². The molecular formula is C23H22ClN5O3S. The molecule has 1 aliphatic heterocycles. The molecule has 1 fully saturated rings. The highest BCUT2D eigenvalue weighted by molar-refractivity contribution is 7.89. The fraction of sp³-hybridized carbons (Fsp3) is 0.261. The number of pyridine rings is 2. The van der Waals surface area contributed by atoms with Crippen LogP contribution in [-0.4, -0.2) is 52.4 Å². The Bertz CT molecular complexity index is 1400. The third kappa shape index (κ3) is 3.96. The molecule has 0 N–H and O–H groups in total. The molecule has 0 aliphatic carbocycles. The zero-order valence-electron chi connectivity index (χ0n) is 17.9. The SMILES string of the molecule is COc1ccc(S(=O)(=O)N2CCC(n3c(-c4ccncc4)nc4cccnc43)CC2)cc1Cl. The van der Waals surface area contributed by atoms with Crippen molar-refractivity contribution in [3.63, 3.8) is 0 Å². The van der Waals surface area contributed by atoms with Crippen LogP contribution in [0, 0.1) is 0 Å². The standard InChI is InChI=1S/C23H22ClN5O3S/c1-32-21-5-4-18(15-19(21)24)33(30,31)28-13-8-17(9-14-28)29-22(16-6-11-25-12-7-16)27-20-3-2-10-26-23(20)29/h2-7,10-12,15,17H,8-9,13-14H2,1H3. The molecule has 33 heavy (non-hydrogen) atoms. The van der Waals surface area contributed by atoms with Gasteiger partial charge in [0.25, 0.3) is 0 Å². The number of halogens is 1. The number of sulfonamides is 1. The van der Waals surface area contributed by atoms with Crippen molar-refractivity contribution in [2.75, 3.05) is 20.2 Å². The highest BCUT2D eigenvalue weighted by Gasteiger charge is 2.32. The first-order chi connectivity index (χ1) is 16.0. The molecule has 5 rings (SSSR count). The Labute approximate surface area is 196 Å². The number of benzene rings is 1. The van der Waals surface area contributed by atoms with Gasteiger partial charge in [0.1, 0.15) is 17.1 Å². The van der Waals surface area contributed by atoms with E-state index in [1.165, 1.54) is 23.5 Å². The van der Waals surface area contributed by atoms with Gasteiger partial charge in [-0.25, -0.2) is 18.4 Å². The average Bonchev–Trinajstić information content (AvgIpc) is 3.24. The Hall–Kier alpha value is -3.01. The lowest BCUT2D eigenvalue weighted by Crippen LogP contribution is -2.39. The molecular weight excluding hydrogens is 462 g/mol. The molecule has 1 aromatic carbocycles. The number of ether oxygens (including phenoxy) is 1. The predicted molar refractivity (Wildman–Crippen MR) is 126 cm³/mol. The minimum atomic E-state index is -3.66. The number of hydrogen-bond acceptors (Lipinski definition) is 6. The molecule has 170 valence electrons. The van der Waals surface area contributed by atoms with Gasteiger partial charge in [-0.1, -0.05) is 11.6 Å². The number of hydrogen-bond donors (Lipinski definition) is 0. The number of fused-ring (bicyclic) bond motifs is 1. The van der Waals surface area contributed by atoms with Gasteiger partial charge in [-0.05, 0) is 55.3 Å². The lowest BCUT2D eigenvalue weighted by molar-refractivity contribution is 0.278. The number of imidazole rings is 1. The highest BCUT2D eigenvalue weighted by Crippen LogP contribution is 2.35. The van der Waals surface area contributed by atoms with Crippen molar-refractivity contribution >= 4 is 32.8 Å². The number of methoxy groups -OCH3 is 1. The van der Waals surface area contributed by atoms with E-state index < -0.39 is 10.0 Å². The zero-order chi connectivity index (χ0) is 23.0. The van der Waals surface area contributed by atoms with Crippen molar-refractivity contribution in [3.05, 3.63) is 66.1 Å². The van der Waals surface area contributed by atoms with Gasteiger partial charge in [0.2, 0.25) is 10.0 Å². The van der Waals surface area contributed by atoms with E-state index in [1.807, 2.05) is 24.3 Å². The summed E-state index contributed by atoms with van der Waals surface area (Å²) in [5.41, 5.74) is 2.56. The van der Waals surface area contributed by atoms with Crippen LogP contribution in [0.5, 0.6) is 5.75 Å². The normalized spacial score (nSPS) is 15.7. The summed E-state index contributed by atoms with van der Waals surface area (Å²) in [7, 11) is -2.17. The van der Waals surface area contributed by atoms with Gasteiger partial charge in [-0.15, -0.1) is 0 Å². The Kier molecular flexibility index (Phi) is 5.77. The summed E-state index contributed by atoms with van der Waals surface area (Å²) in [4.78, 5) is 13.7. The lowest BCUT2D eigenvalue weighted by Gasteiger charge is -2.32. The second kappa shape index (κ2) is 8.74. The third-order valence-corrected chi connectivity index (χ3v) is 8.13. The van der Waals surface area contributed by atoms with Crippen LogP contribution in [-0.2, 0) is 10.0 Å². The summed E-state index contributed by atoms with van der Waals surface area (Å²) >= 11 is 6.17. The maximum Gasteiger partial charge on any atom is 0.243 e. The van der Waals surface area contributed by atoms with Gasteiger partial charge in [-0.2, -0.15) is 4.31 Å². The summed E-state index contributed by atoms with van der Waals surface area (Å²) in [5, 5.41) is 0.270. The van der Waals surface area contributed by atoms with E-state index >= 15 is 0 Å². The van der Waals surface area contributed by atoms with Crippen LogP contribution in [0.15, 0.2) is 66.0 Å². The van der Waals surface area contributed by atoms with E-state index in [-0.39, 0.29) is 16.0 Å². The van der Waals surface area contributed by atoms with Gasteiger partial charge >= 0.3 is 0 Å². The minimum absolute atomic E-state index is 0.0685. The summed E-state index contributed by atoms with van der Waals surface area (Å²) in [6, 6.07) is 12.3.